The largest absolute Gasteiger partial charge is 0.494 e. The number of aromatic nitrogens is 1. The number of nitrogens with one attached hydrogen (secondary N) is 2. The summed E-state index contributed by atoms with van der Waals surface area (Å²) in [7, 11) is 1.58. The van der Waals surface area contributed by atoms with Gasteiger partial charge in [-0.1, -0.05) is 42.4 Å². The molecule has 1 aliphatic rings. The van der Waals surface area contributed by atoms with Crippen LogP contribution in [0.2, 0.25) is 0 Å². The van der Waals surface area contributed by atoms with Gasteiger partial charge in [-0.3, -0.25) is 9.78 Å². The summed E-state index contributed by atoms with van der Waals surface area (Å²) in [5, 5.41) is 7.66. The summed E-state index contributed by atoms with van der Waals surface area (Å²) in [6.07, 6.45) is 2.15. The summed E-state index contributed by atoms with van der Waals surface area (Å²) in [5.41, 5.74) is 3.48. The van der Waals surface area contributed by atoms with Crippen LogP contribution in [0, 0.1) is 6.92 Å². The molecular formula is C29H28N4O3S2. The molecule has 2 atom stereocenters. The van der Waals surface area contributed by atoms with Crippen molar-refractivity contribution >= 4 is 46.4 Å². The van der Waals surface area contributed by atoms with Crippen LogP contribution >= 0.6 is 24.0 Å². The second-order valence-corrected chi connectivity index (χ2v) is 10.3. The van der Waals surface area contributed by atoms with E-state index in [1.54, 1.807) is 25.1 Å². The molecule has 1 fully saturated rings. The Hall–Kier alpha value is -3.82. The first-order chi connectivity index (χ1) is 18.5. The van der Waals surface area contributed by atoms with E-state index < -0.39 is 0 Å². The lowest BCUT2D eigenvalue weighted by molar-refractivity contribution is -0.115. The molecule has 0 bridgehead atoms. The number of pyridine rings is 1. The standard InChI is InChI=1S/C29H28N4O3S2/c1-4-25(34)31-21-13-10-19(17-24(21)35-3)33-28(27(32-29(33)37)22-7-5-6-16-30-22)23-14-15-26(36-23)38-20-11-8-18(2)9-12-20/h5-17,27-28H,4H2,1-3H3,(H,31,34)(H,32,37)/t27-,28-/m1/s1. The molecule has 0 spiro atoms. The minimum Gasteiger partial charge on any atom is -0.494 e. The molecule has 2 N–H and O–H groups in total. The maximum absolute atomic E-state index is 12.0. The molecule has 194 valence electrons. The van der Waals surface area contributed by atoms with Gasteiger partial charge in [-0.2, -0.15) is 0 Å². The van der Waals surface area contributed by atoms with E-state index in [0.29, 0.717) is 23.0 Å². The number of methoxy groups -OCH3 is 1. The summed E-state index contributed by atoms with van der Waals surface area (Å²) in [6.45, 7) is 3.88. The van der Waals surface area contributed by atoms with Crippen molar-refractivity contribution < 1.29 is 13.9 Å². The average molecular weight is 545 g/mol. The molecule has 5 rings (SSSR count). The number of thiocarbonyl (C=S) groups is 1. The zero-order chi connectivity index (χ0) is 26.6. The monoisotopic (exact) mass is 544 g/mol. The van der Waals surface area contributed by atoms with Crippen molar-refractivity contribution in [2.45, 2.75) is 42.3 Å². The molecule has 1 aliphatic heterocycles. The van der Waals surface area contributed by atoms with Gasteiger partial charge in [0.05, 0.1) is 24.5 Å². The predicted octanol–water partition coefficient (Wildman–Crippen LogP) is 6.67. The number of amides is 1. The third kappa shape index (κ3) is 5.39. The highest BCUT2D eigenvalue weighted by Crippen LogP contribution is 2.44. The van der Waals surface area contributed by atoms with E-state index >= 15 is 0 Å². The first kappa shape index (κ1) is 25.8. The molecule has 9 heteroatoms. The van der Waals surface area contributed by atoms with Crippen LogP contribution in [0.4, 0.5) is 11.4 Å². The molecule has 1 amide bonds. The molecule has 4 aromatic rings. The molecule has 0 unspecified atom stereocenters. The lowest BCUT2D eigenvalue weighted by Gasteiger charge is -2.26. The maximum atomic E-state index is 12.0. The van der Waals surface area contributed by atoms with Crippen LogP contribution in [0.25, 0.3) is 0 Å². The fourth-order valence-corrected chi connectivity index (χ4v) is 5.49. The number of hydrogen-bond acceptors (Lipinski definition) is 6. The third-order valence-electron chi connectivity index (χ3n) is 6.29. The fraction of sp³-hybridized carbons (Fsp3) is 0.207. The quantitative estimate of drug-likeness (QED) is 0.238. The van der Waals surface area contributed by atoms with E-state index in [1.165, 1.54) is 5.56 Å². The van der Waals surface area contributed by atoms with Crippen LogP contribution in [0.15, 0.2) is 93.4 Å². The van der Waals surface area contributed by atoms with Gasteiger partial charge in [0.15, 0.2) is 10.2 Å². The van der Waals surface area contributed by atoms with Crippen molar-refractivity contribution in [1.29, 1.82) is 0 Å². The Bertz CT molecular complexity index is 1440. The zero-order valence-corrected chi connectivity index (χ0v) is 22.9. The highest BCUT2D eigenvalue weighted by molar-refractivity contribution is 7.99. The smallest absolute Gasteiger partial charge is 0.224 e. The zero-order valence-electron chi connectivity index (χ0n) is 21.3. The second-order valence-electron chi connectivity index (χ2n) is 8.85. The molecule has 0 saturated carbocycles. The minimum atomic E-state index is -0.300. The van der Waals surface area contributed by atoms with E-state index in [1.807, 2.05) is 60.4 Å². The van der Waals surface area contributed by atoms with Gasteiger partial charge >= 0.3 is 0 Å². The Balaban J connectivity index is 1.52. The van der Waals surface area contributed by atoms with Gasteiger partial charge in [-0.15, -0.1) is 0 Å². The summed E-state index contributed by atoms with van der Waals surface area (Å²) in [4.78, 5) is 19.7. The summed E-state index contributed by atoms with van der Waals surface area (Å²) in [5.74, 6) is 1.21. The van der Waals surface area contributed by atoms with Crippen molar-refractivity contribution in [1.82, 2.24) is 10.3 Å². The normalized spacial score (nSPS) is 16.8. The van der Waals surface area contributed by atoms with Crippen LogP contribution in [0.5, 0.6) is 5.75 Å². The van der Waals surface area contributed by atoms with Gasteiger partial charge in [0, 0.05) is 29.3 Å². The maximum Gasteiger partial charge on any atom is 0.224 e. The van der Waals surface area contributed by atoms with Gasteiger partial charge in [0.2, 0.25) is 5.91 Å². The lowest BCUT2D eigenvalue weighted by atomic mass is 10.0. The molecule has 2 aromatic carbocycles. The molecule has 38 heavy (non-hydrogen) atoms. The number of hydrogen-bond donors (Lipinski definition) is 2. The molecule has 1 saturated heterocycles. The predicted molar refractivity (Wildman–Crippen MR) is 154 cm³/mol. The molecular weight excluding hydrogens is 516 g/mol. The first-order valence-electron chi connectivity index (χ1n) is 12.3. The molecule has 3 heterocycles. The van der Waals surface area contributed by atoms with Gasteiger partial charge in [-0.05, 0) is 67.7 Å². The van der Waals surface area contributed by atoms with Crippen LogP contribution in [-0.4, -0.2) is 23.1 Å². The Kier molecular flexibility index (Phi) is 7.67. The Morgan fingerprint density at radius 3 is 2.68 bits per heavy atom. The van der Waals surface area contributed by atoms with Crippen LogP contribution in [0.3, 0.4) is 0 Å². The molecule has 7 nitrogen and oxygen atoms in total. The summed E-state index contributed by atoms with van der Waals surface area (Å²) < 4.78 is 12.0. The number of rotatable bonds is 8. The average Bonchev–Trinajstić information content (AvgIpc) is 3.54. The van der Waals surface area contributed by atoms with E-state index in [9.17, 15) is 4.79 Å². The van der Waals surface area contributed by atoms with Gasteiger partial charge in [0.25, 0.3) is 0 Å². The van der Waals surface area contributed by atoms with Crippen LogP contribution in [0.1, 0.15) is 42.4 Å². The number of ether oxygens (including phenoxy) is 1. The Labute approximate surface area is 231 Å². The third-order valence-corrected chi connectivity index (χ3v) is 7.53. The first-order valence-corrected chi connectivity index (χ1v) is 13.5. The molecule has 2 aromatic heterocycles. The summed E-state index contributed by atoms with van der Waals surface area (Å²) >= 11 is 7.40. The number of aryl methyl sites for hydroxylation is 1. The minimum absolute atomic E-state index is 0.0864. The van der Waals surface area contributed by atoms with Gasteiger partial charge in [-0.25, -0.2) is 0 Å². The number of anilines is 2. The van der Waals surface area contributed by atoms with Gasteiger partial charge < -0.3 is 24.7 Å². The Morgan fingerprint density at radius 2 is 1.97 bits per heavy atom. The van der Waals surface area contributed by atoms with E-state index in [4.69, 9.17) is 21.4 Å². The van der Waals surface area contributed by atoms with Crippen molar-refractivity contribution in [3.05, 3.63) is 96.0 Å². The van der Waals surface area contributed by atoms with Crippen LogP contribution in [-0.2, 0) is 4.79 Å². The second kappa shape index (κ2) is 11.3. The Morgan fingerprint density at radius 1 is 1.16 bits per heavy atom. The van der Waals surface area contributed by atoms with E-state index in [-0.39, 0.29) is 18.0 Å². The van der Waals surface area contributed by atoms with Crippen molar-refractivity contribution in [3.63, 3.8) is 0 Å². The molecule has 0 radical (unpaired) electrons. The fourth-order valence-electron chi connectivity index (χ4n) is 4.36. The lowest BCUT2D eigenvalue weighted by Crippen LogP contribution is -2.29. The topological polar surface area (TPSA) is 79.6 Å². The van der Waals surface area contributed by atoms with Crippen molar-refractivity contribution in [2.24, 2.45) is 0 Å². The number of benzene rings is 2. The number of carbonyl (C=O) groups excluding carboxylic acids is 1. The van der Waals surface area contributed by atoms with E-state index in [0.717, 1.165) is 27.1 Å². The number of furan rings is 1. The van der Waals surface area contributed by atoms with E-state index in [2.05, 4.69) is 46.8 Å². The molecule has 0 aliphatic carbocycles. The van der Waals surface area contributed by atoms with Crippen molar-refractivity contribution in [3.8, 4) is 5.75 Å². The van der Waals surface area contributed by atoms with Gasteiger partial charge in [0.1, 0.15) is 17.6 Å². The number of carbonyl (C=O) groups is 1. The highest BCUT2D eigenvalue weighted by Gasteiger charge is 2.42. The van der Waals surface area contributed by atoms with Crippen LogP contribution < -0.4 is 20.3 Å². The number of nitrogens with zero attached hydrogens (tertiary/aromatic N) is 2. The SMILES string of the molecule is CCC(=O)Nc1ccc(N2C(=S)N[C@H](c3ccccn3)[C@H]2c2ccc(Sc3ccc(C)cc3)o2)cc1OC. The summed E-state index contributed by atoms with van der Waals surface area (Å²) in [6, 6.07) is 23.2. The van der Waals surface area contributed by atoms with Crippen molar-refractivity contribution in [2.75, 3.05) is 17.3 Å². The highest BCUT2D eigenvalue weighted by atomic mass is 32.2.